The van der Waals surface area contributed by atoms with E-state index in [0.29, 0.717) is 29.4 Å². The van der Waals surface area contributed by atoms with Crippen LogP contribution in [0.1, 0.15) is 35.3 Å². The molecule has 2 atom stereocenters. The molecule has 0 aliphatic carbocycles. The lowest BCUT2D eigenvalue weighted by Crippen LogP contribution is -2.44. The minimum atomic E-state index is -0.238. The van der Waals surface area contributed by atoms with Crippen LogP contribution in [-0.2, 0) is 17.8 Å². The van der Waals surface area contributed by atoms with Gasteiger partial charge in [0, 0.05) is 26.2 Å². The summed E-state index contributed by atoms with van der Waals surface area (Å²) in [5.74, 6) is 1.02. The number of ether oxygens (including phenoxy) is 4. The lowest BCUT2D eigenvalue weighted by Gasteiger charge is -2.35. The SMILES string of the molecule is COc1ccc(C(=O)NCc2ccc(CN3CC(C)OC(C)C3)cc2)c(OC)c1OC. The van der Waals surface area contributed by atoms with Crippen LogP contribution < -0.4 is 19.5 Å². The first-order valence-corrected chi connectivity index (χ1v) is 10.5. The normalized spacial score (nSPS) is 19.0. The van der Waals surface area contributed by atoms with Crippen molar-refractivity contribution in [2.75, 3.05) is 34.4 Å². The van der Waals surface area contributed by atoms with Gasteiger partial charge in [0.2, 0.25) is 5.75 Å². The summed E-state index contributed by atoms with van der Waals surface area (Å²) >= 11 is 0. The Balaban J connectivity index is 1.61. The zero-order chi connectivity index (χ0) is 22.4. The van der Waals surface area contributed by atoms with Crippen molar-refractivity contribution in [2.24, 2.45) is 0 Å². The van der Waals surface area contributed by atoms with Crippen molar-refractivity contribution >= 4 is 5.91 Å². The van der Waals surface area contributed by atoms with Crippen LogP contribution in [0.15, 0.2) is 36.4 Å². The van der Waals surface area contributed by atoms with E-state index in [1.807, 2.05) is 0 Å². The molecule has 1 amide bonds. The number of hydrogen-bond donors (Lipinski definition) is 1. The summed E-state index contributed by atoms with van der Waals surface area (Å²) < 4.78 is 21.8. The average Bonchev–Trinajstić information content (AvgIpc) is 2.76. The van der Waals surface area contributed by atoms with Gasteiger partial charge in [0.05, 0.1) is 39.1 Å². The van der Waals surface area contributed by atoms with E-state index in [9.17, 15) is 4.79 Å². The molecule has 2 unspecified atom stereocenters. The topological polar surface area (TPSA) is 69.3 Å². The first-order chi connectivity index (χ1) is 14.9. The maximum absolute atomic E-state index is 12.8. The summed E-state index contributed by atoms with van der Waals surface area (Å²) in [5, 5.41) is 2.95. The van der Waals surface area contributed by atoms with E-state index < -0.39 is 0 Å². The van der Waals surface area contributed by atoms with Crippen LogP contribution >= 0.6 is 0 Å². The molecule has 3 rings (SSSR count). The number of amides is 1. The Morgan fingerprint density at radius 3 is 2.13 bits per heavy atom. The van der Waals surface area contributed by atoms with E-state index in [1.54, 1.807) is 19.2 Å². The van der Waals surface area contributed by atoms with Crippen molar-refractivity contribution in [1.29, 1.82) is 0 Å². The number of morpholine rings is 1. The Kier molecular flexibility index (Phi) is 7.76. The number of nitrogens with zero attached hydrogens (tertiary/aromatic N) is 1. The van der Waals surface area contributed by atoms with E-state index in [2.05, 4.69) is 48.3 Å². The zero-order valence-electron chi connectivity index (χ0n) is 18.9. The van der Waals surface area contributed by atoms with Crippen molar-refractivity contribution < 1.29 is 23.7 Å². The van der Waals surface area contributed by atoms with Crippen molar-refractivity contribution in [2.45, 2.75) is 39.1 Å². The number of nitrogens with one attached hydrogen (secondary N) is 1. The van der Waals surface area contributed by atoms with Gasteiger partial charge in [-0.25, -0.2) is 0 Å². The van der Waals surface area contributed by atoms with E-state index in [-0.39, 0.29) is 18.1 Å². The molecular weight excluding hydrogens is 396 g/mol. The Morgan fingerprint density at radius 2 is 1.55 bits per heavy atom. The summed E-state index contributed by atoms with van der Waals surface area (Å²) in [6.45, 7) is 7.42. The Bertz CT molecular complexity index is 874. The predicted octanol–water partition coefficient (Wildman–Crippen LogP) is 3.25. The Hall–Kier alpha value is -2.77. The molecule has 0 spiro atoms. The molecule has 1 aliphatic heterocycles. The third kappa shape index (κ3) is 5.68. The zero-order valence-corrected chi connectivity index (χ0v) is 18.9. The predicted molar refractivity (Wildman–Crippen MR) is 119 cm³/mol. The van der Waals surface area contributed by atoms with Crippen molar-refractivity contribution in [3.05, 3.63) is 53.1 Å². The quantitative estimate of drug-likeness (QED) is 0.696. The molecule has 0 aromatic heterocycles. The highest BCUT2D eigenvalue weighted by Gasteiger charge is 2.22. The number of rotatable bonds is 8. The minimum absolute atomic E-state index is 0.238. The highest BCUT2D eigenvalue weighted by Crippen LogP contribution is 2.39. The fourth-order valence-electron chi connectivity index (χ4n) is 3.99. The highest BCUT2D eigenvalue weighted by molar-refractivity contribution is 5.98. The average molecular weight is 429 g/mol. The lowest BCUT2D eigenvalue weighted by molar-refractivity contribution is -0.0704. The summed E-state index contributed by atoms with van der Waals surface area (Å²) in [6.07, 6.45) is 0.513. The van der Waals surface area contributed by atoms with Crippen LogP contribution in [0.25, 0.3) is 0 Å². The molecule has 1 fully saturated rings. The number of carbonyl (C=O) groups excluding carboxylic acids is 1. The summed E-state index contributed by atoms with van der Waals surface area (Å²) in [4.78, 5) is 15.2. The Morgan fingerprint density at radius 1 is 0.935 bits per heavy atom. The van der Waals surface area contributed by atoms with Crippen LogP contribution in [0.3, 0.4) is 0 Å². The maximum Gasteiger partial charge on any atom is 0.255 e. The van der Waals surface area contributed by atoms with Crippen LogP contribution in [-0.4, -0.2) is 57.4 Å². The second kappa shape index (κ2) is 10.5. The largest absolute Gasteiger partial charge is 0.493 e. The van der Waals surface area contributed by atoms with Crippen LogP contribution in [0.4, 0.5) is 0 Å². The molecule has 1 saturated heterocycles. The van der Waals surface area contributed by atoms with Gasteiger partial charge in [-0.15, -0.1) is 0 Å². The van der Waals surface area contributed by atoms with Crippen LogP contribution in [0.2, 0.25) is 0 Å². The number of methoxy groups -OCH3 is 3. The molecule has 7 nitrogen and oxygen atoms in total. The van der Waals surface area contributed by atoms with Gasteiger partial charge in [0.25, 0.3) is 5.91 Å². The van der Waals surface area contributed by atoms with Gasteiger partial charge in [0.1, 0.15) is 0 Å². The first kappa shape index (κ1) is 22.9. The number of carbonyl (C=O) groups is 1. The molecule has 0 saturated carbocycles. The van der Waals surface area contributed by atoms with Gasteiger partial charge in [-0.1, -0.05) is 24.3 Å². The molecule has 0 radical (unpaired) electrons. The fraction of sp³-hybridized carbons (Fsp3) is 0.458. The van der Waals surface area contributed by atoms with E-state index in [0.717, 1.165) is 25.2 Å². The highest BCUT2D eigenvalue weighted by atomic mass is 16.5. The summed E-state index contributed by atoms with van der Waals surface area (Å²) in [7, 11) is 4.56. The molecule has 2 aromatic rings. The van der Waals surface area contributed by atoms with Gasteiger partial charge < -0.3 is 24.3 Å². The molecule has 1 heterocycles. The standard InChI is InChI=1S/C24H32N2O5/c1-16-13-26(14-17(2)31-16)15-19-8-6-18(7-9-19)12-25-24(27)20-10-11-21(28-3)23(30-5)22(20)29-4/h6-11,16-17H,12-15H2,1-5H3,(H,25,27). The van der Waals surface area contributed by atoms with E-state index >= 15 is 0 Å². The third-order valence-electron chi connectivity index (χ3n) is 5.33. The van der Waals surface area contributed by atoms with Crippen LogP contribution in [0, 0.1) is 0 Å². The van der Waals surface area contributed by atoms with E-state index in [4.69, 9.17) is 18.9 Å². The van der Waals surface area contributed by atoms with Crippen molar-refractivity contribution in [3.8, 4) is 17.2 Å². The summed E-state index contributed by atoms with van der Waals surface area (Å²) in [5.41, 5.74) is 2.67. The monoisotopic (exact) mass is 428 g/mol. The molecule has 7 heteroatoms. The molecule has 1 N–H and O–H groups in total. The van der Waals surface area contributed by atoms with Gasteiger partial charge >= 0.3 is 0 Å². The van der Waals surface area contributed by atoms with Crippen LogP contribution in [0.5, 0.6) is 17.2 Å². The lowest BCUT2D eigenvalue weighted by atomic mass is 10.1. The second-order valence-electron chi connectivity index (χ2n) is 7.83. The summed E-state index contributed by atoms with van der Waals surface area (Å²) in [6, 6.07) is 11.7. The fourth-order valence-corrected chi connectivity index (χ4v) is 3.99. The maximum atomic E-state index is 12.8. The number of benzene rings is 2. The number of hydrogen-bond acceptors (Lipinski definition) is 6. The van der Waals surface area contributed by atoms with Crippen molar-refractivity contribution in [1.82, 2.24) is 10.2 Å². The van der Waals surface area contributed by atoms with E-state index in [1.165, 1.54) is 19.8 Å². The molecule has 0 bridgehead atoms. The van der Waals surface area contributed by atoms with Crippen molar-refractivity contribution in [3.63, 3.8) is 0 Å². The van der Waals surface area contributed by atoms with Gasteiger partial charge in [-0.3, -0.25) is 9.69 Å². The Labute approximate surface area is 184 Å². The second-order valence-corrected chi connectivity index (χ2v) is 7.83. The van der Waals surface area contributed by atoms with Gasteiger partial charge in [-0.2, -0.15) is 0 Å². The molecule has 168 valence electrons. The minimum Gasteiger partial charge on any atom is -0.493 e. The molecule has 1 aliphatic rings. The molecular formula is C24H32N2O5. The van der Waals surface area contributed by atoms with Gasteiger partial charge in [-0.05, 0) is 37.1 Å². The first-order valence-electron chi connectivity index (χ1n) is 10.5. The third-order valence-corrected chi connectivity index (χ3v) is 5.33. The molecule has 31 heavy (non-hydrogen) atoms. The molecule has 2 aromatic carbocycles. The smallest absolute Gasteiger partial charge is 0.255 e. The van der Waals surface area contributed by atoms with Gasteiger partial charge in [0.15, 0.2) is 11.5 Å².